The van der Waals surface area contributed by atoms with E-state index in [-0.39, 0.29) is 22.4 Å². The van der Waals surface area contributed by atoms with Crippen molar-refractivity contribution >= 4 is 25.4 Å². The number of carbonyl (C=O) groups excluding carboxylic acids is 2. The van der Waals surface area contributed by atoms with Crippen LogP contribution in [-0.2, 0) is 23.5 Å². The third kappa shape index (κ3) is 31.5. The second kappa shape index (κ2) is 36.8. The Labute approximate surface area is 433 Å². The molecule has 0 bridgehead atoms. The average molecular weight is 1030 g/mol. The Morgan fingerprint density at radius 2 is 0.958 bits per heavy atom. The quantitative estimate of drug-likeness (QED) is 0.0221. The number of allylic oxidation sites excluding steroid dienone is 20. The summed E-state index contributed by atoms with van der Waals surface area (Å²) < 4.78 is 13.8. The summed E-state index contributed by atoms with van der Waals surface area (Å²) in [6, 6.07) is 0. The van der Waals surface area contributed by atoms with Crippen LogP contribution < -0.4 is 0 Å². The number of aliphatic hydroxyl groups excluding tert-OH is 4. The molecule has 12 nitrogen and oxygen atoms in total. The first kappa shape index (κ1) is 67.9. The van der Waals surface area contributed by atoms with Crippen LogP contribution in [0.3, 0.4) is 0 Å². The third-order valence-corrected chi connectivity index (χ3v) is 12.9. The molecule has 3 atom stereocenters. The number of hydrogen-bond acceptors (Lipinski definition) is 9. The van der Waals surface area contributed by atoms with Gasteiger partial charge in [-0.1, -0.05) is 219 Å². The van der Waals surface area contributed by atoms with E-state index in [9.17, 15) is 29.2 Å². The Hall–Kier alpha value is -4.10. The molecule has 13 heteroatoms. The maximum atomic E-state index is 12.2. The molecule has 0 radical (unpaired) electrons. The third-order valence-electron chi connectivity index (χ3n) is 12.4. The molecular formula is C59H93O12P. The number of rotatable bonds is 28. The van der Waals surface area contributed by atoms with Crippen molar-refractivity contribution in [3.8, 4) is 0 Å². The number of carboxylic acid groups (broad SMARTS) is 1. The molecule has 2 aliphatic carbocycles. The summed E-state index contributed by atoms with van der Waals surface area (Å²) in [7, 11) is -4.50. The highest BCUT2D eigenvalue weighted by molar-refractivity contribution is 7.46. The maximum Gasteiger partial charge on any atom is 0.469 e. The summed E-state index contributed by atoms with van der Waals surface area (Å²) in [6.07, 6.45) is 43.5. The van der Waals surface area contributed by atoms with Gasteiger partial charge in [0.15, 0.2) is 11.6 Å². The monoisotopic (exact) mass is 1020 g/mol. The SMILES string of the molecule is CC1=C(/C=C/C(C)=C/C=C/C(C)=C/C=C/C=C(C)/C=C/C=C(C)/C=C/C2=C(C)C(=O)C(O)CC2(C)C)C(C)(C)CC(O)C1=O.CCCCCCCCCCCCCCCC(=O)O.O=P(O)(O)OCC(O)CO. The summed E-state index contributed by atoms with van der Waals surface area (Å²) in [5.41, 5.74) is 7.16. The fraction of sp³-hybridized carbons (Fsp3) is 0.576. The number of carbonyl (C=O) groups is 3. The van der Waals surface area contributed by atoms with Gasteiger partial charge in [-0.05, 0) is 93.9 Å². The summed E-state index contributed by atoms with van der Waals surface area (Å²) in [6.45, 7) is 21.1. The zero-order valence-electron chi connectivity index (χ0n) is 45.7. The minimum atomic E-state index is -4.50. The van der Waals surface area contributed by atoms with Crippen LogP contribution in [-0.4, -0.2) is 84.4 Å². The fourth-order valence-corrected chi connectivity index (χ4v) is 8.52. The normalized spacial score (nSPS) is 19.8. The molecular weight excluding hydrogens is 932 g/mol. The molecule has 7 N–H and O–H groups in total. The molecule has 2 aliphatic rings. The number of ketones is 2. The van der Waals surface area contributed by atoms with Gasteiger partial charge in [0, 0.05) is 6.42 Å². The number of Topliss-reactive ketones (excluding diaryl/α,β-unsaturated/α-hetero) is 2. The smallest absolute Gasteiger partial charge is 0.469 e. The Morgan fingerprint density at radius 3 is 1.29 bits per heavy atom. The minimum Gasteiger partial charge on any atom is -0.481 e. The topological polar surface area (TPSA) is 219 Å². The van der Waals surface area contributed by atoms with E-state index in [0.717, 1.165) is 46.3 Å². The van der Waals surface area contributed by atoms with Crippen LogP contribution in [0.4, 0.5) is 0 Å². The number of aliphatic hydroxyl groups is 4. The maximum absolute atomic E-state index is 12.2. The van der Waals surface area contributed by atoms with E-state index in [2.05, 4.69) is 77.3 Å². The lowest BCUT2D eigenvalue weighted by Crippen LogP contribution is -2.35. The molecule has 0 aliphatic heterocycles. The number of phosphoric acid groups is 1. The highest BCUT2D eigenvalue weighted by Gasteiger charge is 2.37. The highest BCUT2D eigenvalue weighted by atomic mass is 31.2. The van der Waals surface area contributed by atoms with Crippen LogP contribution in [0, 0.1) is 10.8 Å². The van der Waals surface area contributed by atoms with E-state index in [1.165, 1.54) is 70.6 Å². The zero-order chi connectivity index (χ0) is 54.9. The number of unbranched alkanes of at least 4 members (excludes halogenated alkanes) is 12. The van der Waals surface area contributed by atoms with Gasteiger partial charge >= 0.3 is 13.8 Å². The first-order valence-electron chi connectivity index (χ1n) is 25.8. The summed E-state index contributed by atoms with van der Waals surface area (Å²) in [5.74, 6) is -1.00. The zero-order valence-corrected chi connectivity index (χ0v) is 46.6. The van der Waals surface area contributed by atoms with E-state index in [1.807, 2.05) is 74.6 Å². The van der Waals surface area contributed by atoms with Gasteiger partial charge in [0.2, 0.25) is 0 Å². The van der Waals surface area contributed by atoms with Crippen molar-refractivity contribution in [2.24, 2.45) is 10.8 Å². The minimum absolute atomic E-state index is 0.175. The van der Waals surface area contributed by atoms with Crippen molar-refractivity contribution in [1.29, 1.82) is 0 Å². The van der Waals surface area contributed by atoms with Gasteiger partial charge in [0.25, 0.3) is 0 Å². The van der Waals surface area contributed by atoms with E-state index >= 15 is 0 Å². The lowest BCUT2D eigenvalue weighted by Gasteiger charge is -2.34. The largest absolute Gasteiger partial charge is 0.481 e. The van der Waals surface area contributed by atoms with Crippen molar-refractivity contribution in [3.05, 3.63) is 130 Å². The van der Waals surface area contributed by atoms with E-state index in [0.29, 0.717) is 30.4 Å². The van der Waals surface area contributed by atoms with Crippen LogP contribution in [0.25, 0.3) is 0 Å². The number of aliphatic carboxylic acids is 1. The van der Waals surface area contributed by atoms with E-state index < -0.39 is 45.3 Å². The van der Waals surface area contributed by atoms with Crippen molar-refractivity contribution in [3.63, 3.8) is 0 Å². The molecule has 0 aromatic rings. The molecule has 2 rings (SSSR count). The molecule has 0 saturated carbocycles. The van der Waals surface area contributed by atoms with Gasteiger partial charge < -0.3 is 35.3 Å². The van der Waals surface area contributed by atoms with Gasteiger partial charge in [0.1, 0.15) is 18.3 Å². The predicted octanol–water partition coefficient (Wildman–Crippen LogP) is 12.9. The molecule has 0 saturated heterocycles. The molecule has 72 heavy (non-hydrogen) atoms. The van der Waals surface area contributed by atoms with Crippen LogP contribution in [0.5, 0.6) is 0 Å². The molecule has 0 aromatic heterocycles. The van der Waals surface area contributed by atoms with Crippen LogP contribution in [0.2, 0.25) is 0 Å². The molecule has 3 unspecified atom stereocenters. The van der Waals surface area contributed by atoms with Crippen LogP contribution in [0.1, 0.15) is 179 Å². The lowest BCUT2D eigenvalue weighted by atomic mass is 9.71. The molecule has 0 heterocycles. The Kier molecular flexibility index (Phi) is 34.7. The summed E-state index contributed by atoms with van der Waals surface area (Å²) in [5, 5.41) is 45.2. The average Bonchev–Trinajstić information content (AvgIpc) is 3.29. The van der Waals surface area contributed by atoms with Crippen molar-refractivity contribution in [1.82, 2.24) is 0 Å². The second-order valence-electron chi connectivity index (χ2n) is 20.4. The van der Waals surface area contributed by atoms with Crippen LogP contribution in [0.15, 0.2) is 130 Å². The van der Waals surface area contributed by atoms with Gasteiger partial charge in [-0.25, -0.2) is 4.57 Å². The lowest BCUT2D eigenvalue weighted by molar-refractivity contribution is -0.137. The van der Waals surface area contributed by atoms with Crippen LogP contribution >= 0.6 is 7.82 Å². The second-order valence-corrected chi connectivity index (χ2v) is 21.7. The van der Waals surface area contributed by atoms with E-state index in [1.54, 1.807) is 13.8 Å². The Morgan fingerprint density at radius 1 is 0.625 bits per heavy atom. The van der Waals surface area contributed by atoms with Crippen molar-refractivity contribution in [2.45, 2.75) is 197 Å². The standard InChI is InChI=1S/C40H52O4.C16H32O2.C3H9O6P/c1-27(17-13-19-29(3)21-23-33-31(5)37(43)35(41)25-39(33,7)8)15-11-12-16-28(2)18-14-20-30(4)22-24-34-32(6)38(44)36(42)26-40(34,9)10;1-2-3-4-5-6-7-8-9-10-11-12-13-14-15-16(17)18;4-1-3(5)2-9-10(6,7)8/h11-24,35-36,41-42H,25-26H2,1-10H3;2-15H2,1H3,(H,17,18);3-5H,1-2H2,(H2,6,7,8)/b12-11+,17-13+,18-14+,23-21+,24-22+,27-15+,28-16+,29-19+,30-20+;;. The van der Waals surface area contributed by atoms with Gasteiger partial charge in [-0.2, -0.15) is 0 Å². The highest BCUT2D eigenvalue weighted by Crippen LogP contribution is 2.41. The molecule has 406 valence electrons. The number of phosphoric ester groups is 1. The first-order valence-corrected chi connectivity index (χ1v) is 27.4. The summed E-state index contributed by atoms with van der Waals surface area (Å²) >= 11 is 0. The first-order chi connectivity index (χ1) is 33.7. The number of carboxylic acids is 1. The van der Waals surface area contributed by atoms with Crippen molar-refractivity contribution in [2.75, 3.05) is 13.2 Å². The Bertz CT molecular complexity index is 1970. The van der Waals surface area contributed by atoms with E-state index in [4.69, 9.17) is 25.1 Å². The molecule has 0 spiro atoms. The summed E-state index contributed by atoms with van der Waals surface area (Å²) in [4.78, 5) is 50.9. The fourth-order valence-electron chi connectivity index (χ4n) is 8.15. The Balaban J connectivity index is 0.00000147. The molecule has 0 amide bonds. The van der Waals surface area contributed by atoms with Gasteiger partial charge in [-0.3, -0.25) is 18.9 Å². The van der Waals surface area contributed by atoms with Gasteiger partial charge in [0.05, 0.1) is 13.2 Å². The molecule has 0 fully saturated rings. The molecule has 0 aromatic carbocycles. The predicted molar refractivity (Wildman–Crippen MR) is 294 cm³/mol. The van der Waals surface area contributed by atoms with Gasteiger partial charge in [-0.15, -0.1) is 0 Å². The van der Waals surface area contributed by atoms with Crippen molar-refractivity contribution < 1.29 is 58.8 Å². The number of hydrogen-bond donors (Lipinski definition) is 7.